The average molecular weight is 342 g/mol. The normalized spacial score (nSPS) is 17.5. The summed E-state index contributed by atoms with van der Waals surface area (Å²) in [5, 5.41) is 3.22. The van der Waals surface area contributed by atoms with Crippen molar-refractivity contribution in [2.75, 3.05) is 19.6 Å². The van der Waals surface area contributed by atoms with Crippen LogP contribution in [0.25, 0.3) is 0 Å². The number of rotatable bonds is 6. The van der Waals surface area contributed by atoms with Crippen molar-refractivity contribution < 1.29 is 18.0 Å². The second-order valence-corrected chi connectivity index (χ2v) is 6.28. The molecule has 0 aliphatic carbocycles. The van der Waals surface area contributed by atoms with Crippen LogP contribution >= 0.6 is 0 Å². The van der Waals surface area contributed by atoms with Crippen molar-refractivity contribution in [3.8, 4) is 0 Å². The highest BCUT2D eigenvalue weighted by Gasteiger charge is 2.43. The molecule has 24 heavy (non-hydrogen) atoms. The number of alkyl halides is 3. The fourth-order valence-electron chi connectivity index (χ4n) is 3.27. The zero-order valence-corrected chi connectivity index (χ0v) is 14.0. The number of nitrogens with one attached hydrogen (secondary N) is 1. The lowest BCUT2D eigenvalue weighted by molar-refractivity contribution is -0.161. The van der Waals surface area contributed by atoms with E-state index in [1.165, 1.54) is 12.1 Å². The Labute approximate surface area is 141 Å². The van der Waals surface area contributed by atoms with Crippen LogP contribution in [0, 0.1) is 0 Å². The number of benzene rings is 1. The summed E-state index contributed by atoms with van der Waals surface area (Å²) in [5.74, 6) is -2.14. The summed E-state index contributed by atoms with van der Waals surface area (Å²) < 4.78 is 40.4. The van der Waals surface area contributed by atoms with Crippen LogP contribution in [0.2, 0.25) is 0 Å². The highest BCUT2D eigenvalue weighted by Crippen LogP contribution is 2.38. The maximum atomic E-state index is 13.5. The van der Waals surface area contributed by atoms with Crippen LogP contribution in [-0.2, 0) is 4.79 Å². The molecule has 1 aromatic carbocycles. The number of halogens is 3. The Morgan fingerprint density at radius 3 is 2.42 bits per heavy atom. The van der Waals surface area contributed by atoms with Crippen molar-refractivity contribution in [3.05, 3.63) is 35.9 Å². The standard InChI is InChI=1S/C18H25F3N2O/c1-2-12-23(15-8-10-22-11-9-15)17(24)13-16(18(19,20)21)14-6-4-3-5-7-14/h3-7,15-16,22H,2,8-13H2,1H3. The molecule has 1 amide bonds. The van der Waals surface area contributed by atoms with Crippen LogP contribution < -0.4 is 5.32 Å². The zero-order chi connectivity index (χ0) is 17.6. The van der Waals surface area contributed by atoms with Crippen molar-refractivity contribution in [3.63, 3.8) is 0 Å². The van der Waals surface area contributed by atoms with Gasteiger partial charge in [-0.05, 0) is 37.9 Å². The van der Waals surface area contributed by atoms with Crippen molar-refractivity contribution in [1.82, 2.24) is 10.2 Å². The lowest BCUT2D eigenvalue weighted by Crippen LogP contribution is -2.47. The van der Waals surface area contributed by atoms with Gasteiger partial charge in [0.1, 0.15) is 0 Å². The van der Waals surface area contributed by atoms with E-state index in [4.69, 9.17) is 0 Å². The monoisotopic (exact) mass is 342 g/mol. The van der Waals surface area contributed by atoms with Crippen molar-refractivity contribution >= 4 is 5.91 Å². The smallest absolute Gasteiger partial charge is 0.340 e. The predicted octanol–water partition coefficient (Wildman–Crippen LogP) is 3.71. The SMILES string of the molecule is CCCN(C(=O)CC(c1ccccc1)C(F)(F)F)C1CCNCC1. The van der Waals surface area contributed by atoms with Gasteiger partial charge in [-0.25, -0.2) is 0 Å². The molecule has 3 nitrogen and oxygen atoms in total. The molecule has 0 aromatic heterocycles. The summed E-state index contributed by atoms with van der Waals surface area (Å²) >= 11 is 0. The lowest BCUT2D eigenvalue weighted by Gasteiger charge is -2.35. The molecule has 1 aromatic rings. The van der Waals surface area contributed by atoms with Gasteiger partial charge < -0.3 is 10.2 Å². The van der Waals surface area contributed by atoms with Gasteiger partial charge in [0.25, 0.3) is 0 Å². The van der Waals surface area contributed by atoms with Gasteiger partial charge in [0.05, 0.1) is 5.92 Å². The van der Waals surface area contributed by atoms with E-state index in [1.807, 2.05) is 6.92 Å². The molecule has 1 aliphatic heterocycles. The van der Waals surface area contributed by atoms with Crippen LogP contribution in [0.15, 0.2) is 30.3 Å². The van der Waals surface area contributed by atoms with E-state index in [-0.39, 0.29) is 11.6 Å². The number of nitrogens with zero attached hydrogens (tertiary/aromatic N) is 1. The Bertz CT molecular complexity index is 513. The van der Waals surface area contributed by atoms with Gasteiger partial charge in [0, 0.05) is 19.0 Å². The molecule has 1 fully saturated rings. The minimum absolute atomic E-state index is 0.0448. The van der Waals surface area contributed by atoms with Crippen LogP contribution in [-0.4, -0.2) is 42.7 Å². The predicted molar refractivity (Wildman–Crippen MR) is 87.8 cm³/mol. The molecular formula is C18H25F3N2O. The van der Waals surface area contributed by atoms with E-state index in [2.05, 4.69) is 5.32 Å². The minimum atomic E-state index is -4.43. The summed E-state index contributed by atoms with van der Waals surface area (Å²) in [7, 11) is 0. The van der Waals surface area contributed by atoms with Gasteiger partial charge in [-0.2, -0.15) is 13.2 Å². The Kier molecular flexibility index (Phi) is 6.66. The van der Waals surface area contributed by atoms with Crippen LogP contribution in [0.3, 0.4) is 0 Å². The third-order valence-corrected chi connectivity index (χ3v) is 4.51. The molecule has 1 heterocycles. The first-order valence-electron chi connectivity index (χ1n) is 8.55. The molecule has 6 heteroatoms. The van der Waals surface area contributed by atoms with Gasteiger partial charge in [-0.3, -0.25) is 4.79 Å². The molecule has 1 aliphatic rings. The number of piperidine rings is 1. The van der Waals surface area contributed by atoms with E-state index in [1.54, 1.807) is 23.1 Å². The minimum Gasteiger partial charge on any atom is -0.340 e. The number of hydrogen-bond acceptors (Lipinski definition) is 2. The van der Waals surface area contributed by atoms with Gasteiger partial charge in [-0.15, -0.1) is 0 Å². The van der Waals surface area contributed by atoms with Gasteiger partial charge in [0.2, 0.25) is 5.91 Å². The first-order chi connectivity index (χ1) is 11.4. The quantitative estimate of drug-likeness (QED) is 0.855. The maximum absolute atomic E-state index is 13.5. The highest BCUT2D eigenvalue weighted by molar-refractivity contribution is 5.77. The van der Waals surface area contributed by atoms with E-state index in [9.17, 15) is 18.0 Å². The van der Waals surface area contributed by atoms with Crippen LogP contribution in [0.1, 0.15) is 44.1 Å². The second kappa shape index (κ2) is 8.51. The third-order valence-electron chi connectivity index (χ3n) is 4.51. The molecule has 0 spiro atoms. The first-order valence-corrected chi connectivity index (χ1v) is 8.55. The number of carbonyl (C=O) groups is 1. The summed E-state index contributed by atoms with van der Waals surface area (Å²) in [6.07, 6.45) is -2.60. The molecule has 2 rings (SSSR count). The van der Waals surface area contributed by atoms with E-state index < -0.39 is 24.4 Å². The van der Waals surface area contributed by atoms with Crippen LogP contribution in [0.4, 0.5) is 13.2 Å². The fourth-order valence-corrected chi connectivity index (χ4v) is 3.27. The summed E-state index contributed by atoms with van der Waals surface area (Å²) in [5.41, 5.74) is 0.153. The molecule has 1 atom stereocenters. The average Bonchev–Trinajstić information content (AvgIpc) is 2.58. The molecule has 0 bridgehead atoms. The third kappa shape index (κ3) is 4.97. The van der Waals surface area contributed by atoms with Gasteiger partial charge >= 0.3 is 6.18 Å². The molecule has 1 unspecified atom stereocenters. The fraction of sp³-hybridized carbons (Fsp3) is 0.611. The first kappa shape index (κ1) is 18.8. The van der Waals surface area contributed by atoms with E-state index in [0.717, 1.165) is 32.4 Å². The molecule has 0 saturated carbocycles. The summed E-state index contributed by atoms with van der Waals surface area (Å²) in [4.78, 5) is 14.3. The lowest BCUT2D eigenvalue weighted by atomic mass is 9.93. The summed E-state index contributed by atoms with van der Waals surface area (Å²) in [6.45, 7) is 4.07. The number of amides is 1. The Balaban J connectivity index is 2.15. The van der Waals surface area contributed by atoms with Gasteiger partial charge in [-0.1, -0.05) is 37.3 Å². The summed E-state index contributed by atoms with van der Waals surface area (Å²) in [6, 6.07) is 7.77. The molecule has 0 radical (unpaired) electrons. The second-order valence-electron chi connectivity index (χ2n) is 6.28. The molecular weight excluding hydrogens is 317 g/mol. The van der Waals surface area contributed by atoms with Crippen LogP contribution in [0.5, 0.6) is 0 Å². The highest BCUT2D eigenvalue weighted by atomic mass is 19.4. The van der Waals surface area contributed by atoms with Crippen molar-refractivity contribution in [1.29, 1.82) is 0 Å². The van der Waals surface area contributed by atoms with E-state index in [0.29, 0.717) is 6.54 Å². The molecule has 1 N–H and O–H groups in total. The largest absolute Gasteiger partial charge is 0.396 e. The van der Waals surface area contributed by atoms with Crippen molar-refractivity contribution in [2.45, 2.75) is 50.7 Å². The topological polar surface area (TPSA) is 32.3 Å². The molecule has 134 valence electrons. The maximum Gasteiger partial charge on any atom is 0.396 e. The zero-order valence-electron chi connectivity index (χ0n) is 14.0. The number of carbonyl (C=O) groups excluding carboxylic acids is 1. The Hall–Kier alpha value is -1.56. The Morgan fingerprint density at radius 2 is 1.88 bits per heavy atom. The number of hydrogen-bond donors (Lipinski definition) is 1. The van der Waals surface area contributed by atoms with Crippen molar-refractivity contribution in [2.24, 2.45) is 0 Å². The van der Waals surface area contributed by atoms with E-state index >= 15 is 0 Å². The molecule has 1 saturated heterocycles. The Morgan fingerprint density at radius 1 is 1.25 bits per heavy atom. The van der Waals surface area contributed by atoms with Gasteiger partial charge in [0.15, 0.2) is 0 Å².